The third-order valence-electron chi connectivity index (χ3n) is 5.30. The fraction of sp³-hybridized carbons (Fsp3) is 0.333. The van der Waals surface area contributed by atoms with Crippen molar-refractivity contribution >= 4 is 11.6 Å². The van der Waals surface area contributed by atoms with E-state index in [4.69, 9.17) is 0 Å². The molecule has 6 heteroatoms. The summed E-state index contributed by atoms with van der Waals surface area (Å²) >= 11 is 0. The number of hydrogen-bond acceptors (Lipinski definition) is 3. The van der Waals surface area contributed by atoms with E-state index in [9.17, 15) is 9.18 Å². The van der Waals surface area contributed by atoms with Crippen LogP contribution >= 0.6 is 0 Å². The van der Waals surface area contributed by atoms with E-state index in [-0.39, 0.29) is 18.1 Å². The van der Waals surface area contributed by atoms with Crippen molar-refractivity contribution in [2.75, 3.05) is 24.5 Å². The van der Waals surface area contributed by atoms with Crippen LogP contribution in [0.2, 0.25) is 0 Å². The van der Waals surface area contributed by atoms with Gasteiger partial charge in [0.05, 0.1) is 17.8 Å². The van der Waals surface area contributed by atoms with Crippen molar-refractivity contribution in [3.05, 3.63) is 76.9 Å². The number of aromatic nitrogens is 2. The molecule has 0 aliphatic carbocycles. The summed E-state index contributed by atoms with van der Waals surface area (Å²) in [5.74, 6) is -0.313. The van der Waals surface area contributed by atoms with Crippen molar-refractivity contribution in [1.82, 2.24) is 15.1 Å². The Labute approximate surface area is 177 Å². The van der Waals surface area contributed by atoms with Crippen LogP contribution < -0.4 is 10.2 Å². The number of carbonyl (C=O) groups is 1. The molecule has 158 valence electrons. The van der Waals surface area contributed by atoms with E-state index < -0.39 is 0 Å². The SMILES string of the molecule is CCN(CCNC(=O)Cc1c(C)nn(-c2ccc(F)cc2)c1C)c1cccc(C)c1. The molecule has 1 amide bonds. The zero-order chi connectivity index (χ0) is 21.7. The number of hydrogen-bond donors (Lipinski definition) is 1. The predicted octanol–water partition coefficient (Wildman–Crippen LogP) is 4.12. The molecule has 5 nitrogen and oxygen atoms in total. The molecule has 0 aliphatic rings. The maximum atomic E-state index is 13.2. The van der Waals surface area contributed by atoms with Crippen LogP contribution in [0.4, 0.5) is 10.1 Å². The Morgan fingerprint density at radius 1 is 1.13 bits per heavy atom. The van der Waals surface area contributed by atoms with Crippen LogP contribution in [0.25, 0.3) is 5.69 Å². The summed E-state index contributed by atoms with van der Waals surface area (Å²) in [5, 5.41) is 7.56. The Bertz CT molecular complexity index is 1010. The zero-order valence-corrected chi connectivity index (χ0v) is 18.1. The van der Waals surface area contributed by atoms with Gasteiger partial charge >= 0.3 is 0 Å². The molecule has 0 spiro atoms. The van der Waals surface area contributed by atoms with Crippen molar-refractivity contribution in [2.45, 2.75) is 34.1 Å². The van der Waals surface area contributed by atoms with Crippen LogP contribution in [0.15, 0.2) is 48.5 Å². The van der Waals surface area contributed by atoms with E-state index in [0.29, 0.717) is 6.54 Å². The lowest BCUT2D eigenvalue weighted by molar-refractivity contribution is -0.120. The van der Waals surface area contributed by atoms with Gasteiger partial charge in [-0.05, 0) is 69.7 Å². The molecule has 0 unspecified atom stereocenters. The molecule has 3 rings (SSSR count). The molecule has 3 aromatic rings. The molecule has 0 aliphatic heterocycles. The summed E-state index contributed by atoms with van der Waals surface area (Å²) in [5.41, 5.74) is 5.77. The molecule has 0 saturated heterocycles. The summed E-state index contributed by atoms with van der Waals surface area (Å²) in [6, 6.07) is 14.6. The second-order valence-corrected chi connectivity index (χ2v) is 7.48. The molecule has 2 aromatic carbocycles. The number of nitrogens with one attached hydrogen (secondary N) is 1. The molecule has 30 heavy (non-hydrogen) atoms. The third kappa shape index (κ3) is 5.06. The predicted molar refractivity (Wildman–Crippen MR) is 119 cm³/mol. The molecule has 1 aromatic heterocycles. The average Bonchev–Trinajstić information content (AvgIpc) is 3.00. The highest BCUT2D eigenvalue weighted by Gasteiger charge is 2.16. The third-order valence-corrected chi connectivity index (χ3v) is 5.30. The molecule has 0 atom stereocenters. The van der Waals surface area contributed by atoms with Crippen LogP contribution in [0.1, 0.15) is 29.4 Å². The van der Waals surface area contributed by atoms with Crippen LogP contribution in [-0.2, 0) is 11.2 Å². The van der Waals surface area contributed by atoms with E-state index in [0.717, 1.165) is 35.7 Å². The largest absolute Gasteiger partial charge is 0.370 e. The molecule has 1 heterocycles. The van der Waals surface area contributed by atoms with E-state index in [1.165, 1.54) is 23.4 Å². The Morgan fingerprint density at radius 2 is 1.87 bits per heavy atom. The minimum absolute atomic E-state index is 0.0276. The first kappa shape index (κ1) is 21.6. The molecule has 0 bridgehead atoms. The van der Waals surface area contributed by atoms with Gasteiger partial charge in [-0.15, -0.1) is 0 Å². The van der Waals surface area contributed by atoms with Crippen LogP contribution in [0.3, 0.4) is 0 Å². The molecular formula is C24H29FN4O. The number of anilines is 1. The molecule has 1 N–H and O–H groups in total. The highest BCUT2D eigenvalue weighted by Crippen LogP contribution is 2.19. The number of nitrogens with zero attached hydrogens (tertiary/aromatic N) is 3. The van der Waals surface area contributed by atoms with Gasteiger partial charge in [0.2, 0.25) is 5.91 Å². The Hall–Kier alpha value is -3.15. The maximum absolute atomic E-state index is 13.2. The van der Waals surface area contributed by atoms with Gasteiger partial charge in [-0.3, -0.25) is 4.79 Å². The van der Waals surface area contributed by atoms with Gasteiger partial charge in [0.15, 0.2) is 0 Å². The van der Waals surface area contributed by atoms with Crippen molar-refractivity contribution in [2.24, 2.45) is 0 Å². The minimum Gasteiger partial charge on any atom is -0.370 e. The first-order chi connectivity index (χ1) is 14.4. The van der Waals surface area contributed by atoms with Crippen molar-refractivity contribution in [3.63, 3.8) is 0 Å². The molecule has 0 saturated carbocycles. The number of amides is 1. The van der Waals surface area contributed by atoms with E-state index >= 15 is 0 Å². The van der Waals surface area contributed by atoms with Crippen molar-refractivity contribution < 1.29 is 9.18 Å². The number of halogens is 1. The summed E-state index contributed by atoms with van der Waals surface area (Å²) in [6.45, 7) is 10.2. The quantitative estimate of drug-likeness (QED) is 0.610. The molecule has 0 radical (unpaired) electrons. The first-order valence-electron chi connectivity index (χ1n) is 10.3. The summed E-state index contributed by atoms with van der Waals surface area (Å²) in [4.78, 5) is 14.8. The zero-order valence-electron chi connectivity index (χ0n) is 18.1. The second-order valence-electron chi connectivity index (χ2n) is 7.48. The smallest absolute Gasteiger partial charge is 0.224 e. The maximum Gasteiger partial charge on any atom is 0.224 e. The standard InChI is InChI=1S/C24H29FN4O/c1-5-28(22-8-6-7-17(2)15-22)14-13-26-24(30)16-23-18(3)27-29(19(23)4)21-11-9-20(25)10-12-21/h6-12,15H,5,13-14,16H2,1-4H3,(H,26,30). The Balaban J connectivity index is 1.60. The van der Waals surface area contributed by atoms with Gasteiger partial charge in [0.25, 0.3) is 0 Å². The Morgan fingerprint density at radius 3 is 2.53 bits per heavy atom. The van der Waals surface area contributed by atoms with Crippen LogP contribution in [0, 0.1) is 26.6 Å². The van der Waals surface area contributed by atoms with E-state index in [1.54, 1.807) is 16.8 Å². The highest BCUT2D eigenvalue weighted by molar-refractivity contribution is 5.79. The number of carbonyl (C=O) groups excluding carboxylic acids is 1. The molecular weight excluding hydrogens is 379 g/mol. The minimum atomic E-state index is -0.285. The fourth-order valence-electron chi connectivity index (χ4n) is 3.61. The fourth-order valence-corrected chi connectivity index (χ4v) is 3.61. The first-order valence-corrected chi connectivity index (χ1v) is 10.3. The summed E-state index contributed by atoms with van der Waals surface area (Å²) < 4.78 is 15.0. The average molecular weight is 409 g/mol. The van der Waals surface area contributed by atoms with Gasteiger partial charge in [-0.25, -0.2) is 9.07 Å². The lowest BCUT2D eigenvalue weighted by atomic mass is 10.1. The van der Waals surface area contributed by atoms with Crippen molar-refractivity contribution in [3.8, 4) is 5.69 Å². The lowest BCUT2D eigenvalue weighted by Crippen LogP contribution is -2.35. The van der Waals surface area contributed by atoms with Gasteiger partial charge < -0.3 is 10.2 Å². The number of likely N-dealkylation sites (N-methyl/N-ethyl adjacent to an activating group) is 1. The Kier molecular flexibility index (Phi) is 6.87. The second kappa shape index (κ2) is 9.57. The van der Waals surface area contributed by atoms with E-state index in [2.05, 4.69) is 53.4 Å². The molecule has 0 fully saturated rings. The topological polar surface area (TPSA) is 50.2 Å². The normalized spacial score (nSPS) is 10.8. The van der Waals surface area contributed by atoms with Crippen LogP contribution in [-0.4, -0.2) is 35.3 Å². The highest BCUT2D eigenvalue weighted by atomic mass is 19.1. The van der Waals surface area contributed by atoms with Gasteiger partial charge in [-0.2, -0.15) is 5.10 Å². The number of benzene rings is 2. The monoisotopic (exact) mass is 408 g/mol. The summed E-state index contributed by atoms with van der Waals surface area (Å²) in [6.07, 6.45) is 0.273. The number of aryl methyl sites for hydroxylation is 2. The van der Waals surface area contributed by atoms with Gasteiger partial charge in [0.1, 0.15) is 5.82 Å². The van der Waals surface area contributed by atoms with Gasteiger partial charge in [-0.1, -0.05) is 12.1 Å². The van der Waals surface area contributed by atoms with Crippen molar-refractivity contribution in [1.29, 1.82) is 0 Å². The number of rotatable bonds is 8. The van der Waals surface area contributed by atoms with E-state index in [1.807, 2.05) is 13.8 Å². The van der Waals surface area contributed by atoms with Gasteiger partial charge in [0, 0.05) is 36.6 Å². The summed E-state index contributed by atoms with van der Waals surface area (Å²) in [7, 11) is 0. The lowest BCUT2D eigenvalue weighted by Gasteiger charge is -2.23. The van der Waals surface area contributed by atoms with Crippen LogP contribution in [0.5, 0.6) is 0 Å².